The predicted octanol–water partition coefficient (Wildman–Crippen LogP) is 1.17. The number of aliphatic hydroxyl groups excluding tert-OH is 1. The molecule has 0 aliphatic carbocycles. The highest BCUT2D eigenvalue weighted by Crippen LogP contribution is 2.17. The van der Waals surface area contributed by atoms with E-state index >= 15 is 0 Å². The van der Waals surface area contributed by atoms with Crippen molar-refractivity contribution in [1.82, 2.24) is 19.9 Å². The van der Waals surface area contributed by atoms with Gasteiger partial charge in [0.2, 0.25) is 0 Å². The van der Waals surface area contributed by atoms with Gasteiger partial charge in [-0.3, -0.25) is 0 Å². The van der Waals surface area contributed by atoms with Crippen LogP contribution in [0, 0.1) is 5.92 Å². The van der Waals surface area contributed by atoms with E-state index in [4.69, 9.17) is 5.11 Å². The molecule has 0 saturated carbocycles. The number of nitrogens with one attached hydrogen (secondary N) is 2. The van der Waals surface area contributed by atoms with Crippen molar-refractivity contribution in [2.75, 3.05) is 11.9 Å². The second-order valence-electron chi connectivity index (χ2n) is 4.39. The van der Waals surface area contributed by atoms with E-state index in [0.29, 0.717) is 5.65 Å². The van der Waals surface area contributed by atoms with E-state index in [-0.39, 0.29) is 18.6 Å². The number of aromatic amines is 1. The van der Waals surface area contributed by atoms with E-state index in [1.165, 1.54) is 6.33 Å². The third-order valence-corrected chi connectivity index (χ3v) is 2.67. The summed E-state index contributed by atoms with van der Waals surface area (Å²) in [6.07, 6.45) is 3.98. The van der Waals surface area contributed by atoms with Gasteiger partial charge in [-0.1, -0.05) is 6.92 Å². The molecule has 3 N–H and O–H groups in total. The first-order valence-corrected chi connectivity index (χ1v) is 5.72. The van der Waals surface area contributed by atoms with Crippen LogP contribution in [0.3, 0.4) is 0 Å². The summed E-state index contributed by atoms with van der Waals surface area (Å²) in [6.45, 7) is 4.29. The average Bonchev–Trinajstić information content (AvgIpc) is 2.78. The minimum atomic E-state index is 0.204. The number of H-pyrrole nitrogens is 1. The molecule has 2 heterocycles. The topological polar surface area (TPSA) is 86.7 Å². The molecular formula is C11H17N5O. The fourth-order valence-electron chi connectivity index (χ4n) is 1.84. The second kappa shape index (κ2) is 5.09. The van der Waals surface area contributed by atoms with Crippen LogP contribution in [0.25, 0.3) is 11.2 Å². The van der Waals surface area contributed by atoms with Gasteiger partial charge in [-0.05, 0) is 19.3 Å². The lowest BCUT2D eigenvalue weighted by Gasteiger charge is -2.17. The quantitative estimate of drug-likeness (QED) is 0.724. The molecule has 0 saturated heterocycles. The molecule has 6 heteroatoms. The molecule has 6 nitrogen and oxygen atoms in total. The number of imidazole rings is 1. The van der Waals surface area contributed by atoms with Crippen molar-refractivity contribution in [2.45, 2.75) is 26.3 Å². The number of nitrogens with zero attached hydrogens (tertiary/aromatic N) is 3. The van der Waals surface area contributed by atoms with E-state index in [0.717, 1.165) is 17.8 Å². The molecule has 2 atom stereocenters. The Labute approximate surface area is 99.5 Å². The number of fused-ring (bicyclic) bond motifs is 1. The SMILES string of the molecule is CC(CO)CC(C)Nc1ncnc2nc[nH]c12. The summed E-state index contributed by atoms with van der Waals surface area (Å²) in [7, 11) is 0. The maximum Gasteiger partial charge on any atom is 0.182 e. The lowest BCUT2D eigenvalue weighted by atomic mass is 10.0. The van der Waals surface area contributed by atoms with E-state index < -0.39 is 0 Å². The molecule has 0 aromatic carbocycles. The van der Waals surface area contributed by atoms with E-state index in [1.54, 1.807) is 6.33 Å². The molecule has 0 amide bonds. The van der Waals surface area contributed by atoms with Crippen LogP contribution >= 0.6 is 0 Å². The minimum Gasteiger partial charge on any atom is -0.396 e. The van der Waals surface area contributed by atoms with Gasteiger partial charge in [0, 0.05) is 12.6 Å². The highest BCUT2D eigenvalue weighted by atomic mass is 16.3. The number of rotatable bonds is 5. The highest BCUT2D eigenvalue weighted by Gasteiger charge is 2.11. The van der Waals surface area contributed by atoms with E-state index in [1.807, 2.05) is 6.92 Å². The first-order chi connectivity index (χ1) is 8.20. The molecule has 92 valence electrons. The van der Waals surface area contributed by atoms with Gasteiger partial charge in [-0.2, -0.15) is 0 Å². The van der Waals surface area contributed by atoms with Crippen LogP contribution < -0.4 is 5.32 Å². The van der Waals surface area contributed by atoms with Crippen molar-refractivity contribution < 1.29 is 5.11 Å². The van der Waals surface area contributed by atoms with Crippen LogP contribution in [0.5, 0.6) is 0 Å². The minimum absolute atomic E-state index is 0.204. The van der Waals surface area contributed by atoms with Crippen molar-refractivity contribution in [1.29, 1.82) is 0 Å². The van der Waals surface area contributed by atoms with Gasteiger partial charge in [0.25, 0.3) is 0 Å². The molecule has 0 fully saturated rings. The largest absolute Gasteiger partial charge is 0.396 e. The molecule has 0 aliphatic rings. The van der Waals surface area contributed by atoms with Crippen LogP contribution in [0.4, 0.5) is 5.82 Å². The summed E-state index contributed by atoms with van der Waals surface area (Å²) in [5.74, 6) is 1.03. The van der Waals surface area contributed by atoms with Crippen LogP contribution in [0.2, 0.25) is 0 Å². The summed E-state index contributed by atoms with van der Waals surface area (Å²) in [6, 6.07) is 0.235. The van der Waals surface area contributed by atoms with Crippen molar-refractivity contribution in [3.8, 4) is 0 Å². The number of hydrogen-bond donors (Lipinski definition) is 3. The maximum atomic E-state index is 9.02. The van der Waals surface area contributed by atoms with Crippen LogP contribution in [-0.2, 0) is 0 Å². The van der Waals surface area contributed by atoms with Gasteiger partial charge >= 0.3 is 0 Å². The average molecular weight is 235 g/mol. The van der Waals surface area contributed by atoms with Gasteiger partial charge in [0.05, 0.1) is 6.33 Å². The predicted molar refractivity (Wildman–Crippen MR) is 65.6 cm³/mol. The molecule has 2 aromatic heterocycles. The van der Waals surface area contributed by atoms with E-state index in [2.05, 4.69) is 32.2 Å². The molecule has 0 spiro atoms. The Hall–Kier alpha value is -1.69. The Morgan fingerprint density at radius 2 is 2.18 bits per heavy atom. The van der Waals surface area contributed by atoms with Crippen molar-refractivity contribution >= 4 is 17.0 Å². The lowest BCUT2D eigenvalue weighted by Crippen LogP contribution is -2.20. The molecule has 0 aliphatic heterocycles. The fourth-order valence-corrected chi connectivity index (χ4v) is 1.84. The molecule has 0 radical (unpaired) electrons. The second-order valence-corrected chi connectivity index (χ2v) is 4.39. The first-order valence-electron chi connectivity index (χ1n) is 5.72. The standard InChI is InChI=1S/C11H17N5O/c1-7(4-17)3-8(2)16-11-9-10(13-5-12-9)14-6-15-11/h5-8,17H,3-4H2,1-2H3,(H2,12,13,14,15,16). The first kappa shape index (κ1) is 11.8. The van der Waals surface area contributed by atoms with Gasteiger partial charge in [-0.15, -0.1) is 0 Å². The molecule has 2 aromatic rings. The summed E-state index contributed by atoms with van der Waals surface area (Å²) >= 11 is 0. The highest BCUT2D eigenvalue weighted by molar-refractivity contribution is 5.81. The number of anilines is 1. The Morgan fingerprint density at radius 1 is 1.35 bits per heavy atom. The Kier molecular flexibility index (Phi) is 3.53. The monoisotopic (exact) mass is 235 g/mol. The Bertz CT molecular complexity index is 483. The van der Waals surface area contributed by atoms with E-state index in [9.17, 15) is 0 Å². The van der Waals surface area contributed by atoms with Gasteiger partial charge in [0.15, 0.2) is 11.5 Å². The summed E-state index contributed by atoms with van der Waals surface area (Å²) in [5.41, 5.74) is 1.47. The number of aromatic nitrogens is 4. The fraction of sp³-hybridized carbons (Fsp3) is 0.545. The summed E-state index contributed by atoms with van der Waals surface area (Å²) in [5, 5.41) is 12.3. The van der Waals surface area contributed by atoms with Gasteiger partial charge in [-0.25, -0.2) is 15.0 Å². The smallest absolute Gasteiger partial charge is 0.182 e. The number of hydrogen-bond acceptors (Lipinski definition) is 5. The molecule has 2 rings (SSSR count). The van der Waals surface area contributed by atoms with Crippen LogP contribution in [0.15, 0.2) is 12.7 Å². The Balaban J connectivity index is 2.10. The summed E-state index contributed by atoms with van der Waals surface area (Å²) < 4.78 is 0. The maximum absolute atomic E-state index is 9.02. The zero-order valence-electron chi connectivity index (χ0n) is 10.0. The third kappa shape index (κ3) is 2.71. The van der Waals surface area contributed by atoms with Gasteiger partial charge < -0.3 is 15.4 Å². The zero-order valence-corrected chi connectivity index (χ0v) is 10.0. The number of aliphatic hydroxyl groups is 1. The third-order valence-electron chi connectivity index (χ3n) is 2.67. The lowest BCUT2D eigenvalue weighted by molar-refractivity contribution is 0.226. The molecule has 17 heavy (non-hydrogen) atoms. The molecular weight excluding hydrogens is 218 g/mol. The molecule has 2 unspecified atom stereocenters. The molecule has 0 bridgehead atoms. The van der Waals surface area contributed by atoms with Crippen molar-refractivity contribution in [2.24, 2.45) is 5.92 Å². The Morgan fingerprint density at radius 3 is 2.94 bits per heavy atom. The normalized spacial score (nSPS) is 14.8. The summed E-state index contributed by atoms with van der Waals surface area (Å²) in [4.78, 5) is 15.3. The van der Waals surface area contributed by atoms with Crippen LogP contribution in [0.1, 0.15) is 20.3 Å². The van der Waals surface area contributed by atoms with Crippen LogP contribution in [-0.4, -0.2) is 37.7 Å². The van der Waals surface area contributed by atoms with Crippen molar-refractivity contribution in [3.05, 3.63) is 12.7 Å². The zero-order chi connectivity index (χ0) is 12.3. The van der Waals surface area contributed by atoms with Gasteiger partial charge in [0.1, 0.15) is 11.8 Å². The van der Waals surface area contributed by atoms with Crippen molar-refractivity contribution in [3.63, 3.8) is 0 Å².